The van der Waals surface area contributed by atoms with Gasteiger partial charge in [0.15, 0.2) is 0 Å². The molecule has 0 saturated heterocycles. The van der Waals surface area contributed by atoms with E-state index in [1.54, 1.807) is 6.92 Å². The Balaban J connectivity index is 2.86. The minimum atomic E-state index is -0.991. The van der Waals surface area contributed by atoms with Gasteiger partial charge in [0.2, 0.25) is 29.5 Å². The van der Waals surface area contributed by atoms with Gasteiger partial charge in [-0.1, -0.05) is 80.6 Å². The molecule has 13 nitrogen and oxygen atoms in total. The maximum atomic E-state index is 13.6. The molecule has 13 heteroatoms. The van der Waals surface area contributed by atoms with Crippen molar-refractivity contribution < 1.29 is 33.9 Å². The molecule has 0 aliphatic heterocycles. The van der Waals surface area contributed by atoms with E-state index < -0.39 is 42.0 Å². The number of hydrogen-bond acceptors (Lipinski definition) is 7. The number of hydrogen-bond donors (Lipinski definition) is 7. The van der Waals surface area contributed by atoms with Crippen LogP contribution in [-0.4, -0.2) is 83.9 Å². The van der Waals surface area contributed by atoms with Gasteiger partial charge in [-0.15, -0.1) is 0 Å². The van der Waals surface area contributed by atoms with E-state index in [9.17, 15) is 28.8 Å². The second-order valence-electron chi connectivity index (χ2n) is 15.0. The Morgan fingerprint density at radius 1 is 0.740 bits per heavy atom. The lowest BCUT2D eigenvalue weighted by Crippen LogP contribution is -2.58. The summed E-state index contributed by atoms with van der Waals surface area (Å²) in [5.74, 6) is -2.29. The van der Waals surface area contributed by atoms with Crippen LogP contribution < -0.4 is 31.9 Å². The summed E-state index contributed by atoms with van der Waals surface area (Å²) in [5, 5.41) is 26.7. The summed E-state index contributed by atoms with van der Waals surface area (Å²) in [5.41, 5.74) is 0. The minimum Gasteiger partial charge on any atom is -0.481 e. The van der Waals surface area contributed by atoms with Gasteiger partial charge in [0.1, 0.15) is 18.1 Å². The number of carboxylic acids is 1. The molecule has 6 atom stereocenters. The third kappa shape index (κ3) is 17.6. The fourth-order valence-corrected chi connectivity index (χ4v) is 6.20. The van der Waals surface area contributed by atoms with Gasteiger partial charge < -0.3 is 37.0 Å². The first kappa shape index (κ1) is 44.8. The monoisotopic (exact) mass is 709 g/mol. The number of amides is 5. The van der Waals surface area contributed by atoms with E-state index in [1.165, 1.54) is 19.3 Å². The summed E-state index contributed by atoms with van der Waals surface area (Å²) in [6, 6.07) is -3.34. The maximum absolute atomic E-state index is 13.6. The number of aliphatic carboxylic acids is 1. The molecule has 1 aliphatic rings. The lowest BCUT2D eigenvalue weighted by atomic mass is 9.89. The predicted octanol–water partition coefficient (Wildman–Crippen LogP) is 3.40. The second kappa shape index (κ2) is 24.1. The molecule has 5 amide bonds. The smallest absolute Gasteiger partial charge is 0.303 e. The quantitative estimate of drug-likeness (QED) is 0.0793. The summed E-state index contributed by atoms with van der Waals surface area (Å²) in [6.45, 7) is 16.2. The Bertz CT molecular complexity index is 1080. The van der Waals surface area contributed by atoms with Crippen LogP contribution in [0.4, 0.5) is 0 Å². The van der Waals surface area contributed by atoms with Crippen LogP contribution in [0.25, 0.3) is 0 Å². The van der Waals surface area contributed by atoms with Crippen molar-refractivity contribution in [1.29, 1.82) is 0 Å². The summed E-state index contributed by atoms with van der Waals surface area (Å²) < 4.78 is 0. The first-order chi connectivity index (χ1) is 23.6. The van der Waals surface area contributed by atoms with Crippen molar-refractivity contribution in [3.63, 3.8) is 0 Å². The van der Waals surface area contributed by atoms with Crippen LogP contribution in [0.3, 0.4) is 0 Å². The molecule has 0 bridgehead atoms. The molecular formula is C37H68N6O7. The van der Waals surface area contributed by atoms with Gasteiger partial charge in [-0.05, 0) is 62.7 Å². The van der Waals surface area contributed by atoms with Gasteiger partial charge in [0.05, 0.1) is 6.04 Å². The normalized spacial score (nSPS) is 17.2. The Morgan fingerprint density at radius 3 is 1.96 bits per heavy atom. The first-order valence-corrected chi connectivity index (χ1v) is 19.0. The Hall–Kier alpha value is -3.22. The highest BCUT2D eigenvalue weighted by Crippen LogP contribution is 2.23. The molecule has 0 aromatic rings. The van der Waals surface area contributed by atoms with E-state index in [0.717, 1.165) is 12.8 Å². The largest absolute Gasteiger partial charge is 0.481 e. The average Bonchev–Trinajstić information content (AvgIpc) is 3.06. The summed E-state index contributed by atoms with van der Waals surface area (Å²) in [7, 11) is 0. The average molecular weight is 709 g/mol. The van der Waals surface area contributed by atoms with Crippen LogP contribution in [0.2, 0.25) is 0 Å². The van der Waals surface area contributed by atoms with Crippen molar-refractivity contribution in [2.75, 3.05) is 13.1 Å². The van der Waals surface area contributed by atoms with Gasteiger partial charge in [-0.2, -0.15) is 0 Å². The summed E-state index contributed by atoms with van der Waals surface area (Å²) >= 11 is 0. The molecule has 50 heavy (non-hydrogen) atoms. The van der Waals surface area contributed by atoms with Crippen LogP contribution in [0.1, 0.15) is 132 Å². The first-order valence-electron chi connectivity index (χ1n) is 19.0. The lowest BCUT2D eigenvalue weighted by Gasteiger charge is -2.29. The van der Waals surface area contributed by atoms with Crippen LogP contribution in [0.5, 0.6) is 0 Å². The van der Waals surface area contributed by atoms with E-state index in [1.807, 2.05) is 48.5 Å². The summed E-state index contributed by atoms with van der Waals surface area (Å²) in [4.78, 5) is 76.6. The number of carbonyl (C=O) groups excluding carboxylic acids is 5. The highest BCUT2D eigenvalue weighted by molar-refractivity contribution is 5.92. The zero-order chi connectivity index (χ0) is 37.8. The van der Waals surface area contributed by atoms with Gasteiger partial charge in [0, 0.05) is 32.0 Å². The number of rotatable bonds is 24. The Morgan fingerprint density at radius 2 is 1.40 bits per heavy atom. The zero-order valence-corrected chi connectivity index (χ0v) is 32.0. The van der Waals surface area contributed by atoms with E-state index >= 15 is 0 Å². The highest BCUT2D eigenvalue weighted by Gasteiger charge is 2.31. The fraction of sp³-hybridized carbons (Fsp3) is 0.838. The Kier molecular flexibility index (Phi) is 21.6. The SMILES string of the molecule is CCC[C@H](NC(=O)C(NC(=O)CCCC(=O)O)[C@@H](C)CC)C(=O)N[C@H](CN[C@@H](C)C(=O)NC(C(=O)NCC1CCCCC1)C(C)C)CC(C)C. The number of carbonyl (C=O) groups is 6. The number of nitrogens with one attached hydrogen (secondary N) is 6. The second-order valence-corrected chi connectivity index (χ2v) is 15.0. The molecular weight excluding hydrogens is 640 g/mol. The summed E-state index contributed by atoms with van der Waals surface area (Å²) in [6.07, 6.45) is 8.12. The molecule has 0 aromatic carbocycles. The van der Waals surface area contributed by atoms with Crippen LogP contribution in [0.15, 0.2) is 0 Å². The third-order valence-corrected chi connectivity index (χ3v) is 9.52. The molecule has 0 aromatic heterocycles. The molecule has 1 rings (SSSR count). The fourth-order valence-electron chi connectivity index (χ4n) is 6.20. The van der Waals surface area contributed by atoms with E-state index in [2.05, 4.69) is 31.9 Å². The van der Waals surface area contributed by atoms with Gasteiger partial charge in [0.25, 0.3) is 0 Å². The molecule has 1 fully saturated rings. The topological polar surface area (TPSA) is 195 Å². The molecule has 0 spiro atoms. The van der Waals surface area contributed by atoms with Crippen molar-refractivity contribution in [2.24, 2.45) is 23.7 Å². The van der Waals surface area contributed by atoms with Crippen LogP contribution >= 0.6 is 0 Å². The molecule has 0 heterocycles. The van der Waals surface area contributed by atoms with Crippen molar-refractivity contribution in [1.82, 2.24) is 31.9 Å². The molecule has 7 N–H and O–H groups in total. The van der Waals surface area contributed by atoms with Crippen molar-refractivity contribution in [3.05, 3.63) is 0 Å². The minimum absolute atomic E-state index is 0.0164. The van der Waals surface area contributed by atoms with Crippen molar-refractivity contribution in [3.8, 4) is 0 Å². The zero-order valence-electron chi connectivity index (χ0n) is 32.0. The van der Waals surface area contributed by atoms with Gasteiger partial charge in [-0.25, -0.2) is 0 Å². The Labute approximate surface area is 300 Å². The van der Waals surface area contributed by atoms with Crippen LogP contribution in [0, 0.1) is 23.7 Å². The van der Waals surface area contributed by atoms with E-state index in [-0.39, 0.29) is 60.8 Å². The third-order valence-electron chi connectivity index (χ3n) is 9.52. The van der Waals surface area contributed by atoms with Crippen LogP contribution in [-0.2, 0) is 28.8 Å². The molecule has 2 unspecified atom stereocenters. The van der Waals surface area contributed by atoms with Gasteiger partial charge >= 0.3 is 5.97 Å². The molecule has 0 radical (unpaired) electrons. The maximum Gasteiger partial charge on any atom is 0.303 e. The standard InChI is InChI=1S/C37H68N6O7/c1-9-15-29(41-37(50)33(25(7)10-2)42-30(44)18-14-19-31(45)46)35(48)40-28(20-23(3)4)22-38-26(8)34(47)43-32(24(5)6)36(49)39-21-27-16-12-11-13-17-27/h23-29,32-33,38H,9-22H2,1-8H3,(H,39,49)(H,40,48)(H,41,50)(H,42,44)(H,43,47)(H,45,46)/t25-,26-,28-,29-,32?,33?/m0/s1. The van der Waals surface area contributed by atoms with E-state index in [0.29, 0.717) is 44.7 Å². The van der Waals surface area contributed by atoms with Gasteiger partial charge in [-0.3, -0.25) is 28.8 Å². The molecule has 1 aliphatic carbocycles. The van der Waals surface area contributed by atoms with Crippen molar-refractivity contribution in [2.45, 2.75) is 163 Å². The van der Waals surface area contributed by atoms with E-state index in [4.69, 9.17) is 5.11 Å². The lowest BCUT2D eigenvalue weighted by molar-refractivity contribution is -0.137. The highest BCUT2D eigenvalue weighted by atomic mass is 16.4. The molecule has 1 saturated carbocycles. The molecule has 288 valence electrons. The number of carboxylic acid groups (broad SMARTS) is 1. The van der Waals surface area contributed by atoms with Crippen molar-refractivity contribution >= 4 is 35.5 Å². The predicted molar refractivity (Wildman–Crippen MR) is 195 cm³/mol.